The predicted octanol–water partition coefficient (Wildman–Crippen LogP) is 3.78. The fourth-order valence-corrected chi connectivity index (χ4v) is 2.25. The Balaban J connectivity index is 2.15. The third-order valence-corrected chi connectivity index (χ3v) is 3.47. The molecule has 25 heavy (non-hydrogen) atoms. The number of rotatable bonds is 6. The van der Waals surface area contributed by atoms with Crippen LogP contribution in [-0.4, -0.2) is 31.6 Å². The van der Waals surface area contributed by atoms with Crippen molar-refractivity contribution >= 4 is 29.9 Å². The Hall–Kier alpha value is -2.99. The van der Waals surface area contributed by atoms with E-state index in [-0.39, 0.29) is 16.5 Å². The van der Waals surface area contributed by atoms with Crippen LogP contribution < -0.4 is 14.2 Å². The van der Waals surface area contributed by atoms with Gasteiger partial charge in [-0.25, -0.2) is 4.79 Å². The lowest BCUT2D eigenvalue weighted by molar-refractivity contribution is -0.129. The third-order valence-electron chi connectivity index (χ3n) is 3.19. The highest BCUT2D eigenvalue weighted by Gasteiger charge is 2.14. The van der Waals surface area contributed by atoms with Crippen molar-refractivity contribution in [2.45, 2.75) is 0 Å². The Labute approximate surface area is 149 Å². The van der Waals surface area contributed by atoms with E-state index in [9.17, 15) is 4.79 Å². The Bertz CT molecular complexity index is 800. The first-order chi connectivity index (χ1) is 12.1. The topological polar surface area (TPSA) is 77.4 Å². The first-order valence-corrected chi connectivity index (χ1v) is 7.54. The lowest BCUT2D eigenvalue weighted by Crippen LogP contribution is -2.06. The summed E-state index contributed by atoms with van der Waals surface area (Å²) in [5, 5.41) is 11.7. The number of nitrogens with zero attached hydrogens (tertiary/aromatic N) is 1. The molecule has 0 fully saturated rings. The molecule has 130 valence electrons. The van der Waals surface area contributed by atoms with Crippen LogP contribution in [-0.2, 0) is 4.79 Å². The van der Waals surface area contributed by atoms with Crippen molar-refractivity contribution in [3.05, 3.63) is 58.6 Å². The van der Waals surface area contributed by atoms with Gasteiger partial charge in [0.25, 0.3) is 0 Å². The summed E-state index contributed by atoms with van der Waals surface area (Å²) in [6, 6.07) is 10.2. The number of oxime groups is 1. The van der Waals surface area contributed by atoms with Crippen molar-refractivity contribution in [1.82, 2.24) is 0 Å². The molecule has 6 nitrogen and oxygen atoms in total. The molecule has 0 aromatic heterocycles. The molecule has 0 bridgehead atoms. The van der Waals surface area contributed by atoms with Crippen molar-refractivity contribution in [2.75, 3.05) is 14.2 Å². The van der Waals surface area contributed by atoms with Gasteiger partial charge in [0.1, 0.15) is 5.75 Å². The number of carbonyl (C=O) groups excluding carboxylic acids is 1. The summed E-state index contributed by atoms with van der Waals surface area (Å²) < 4.78 is 15.5. The fourth-order valence-electron chi connectivity index (χ4n) is 1.99. The highest BCUT2D eigenvalue weighted by Crippen LogP contribution is 2.36. The fraction of sp³-hybridized carbons (Fsp3) is 0.111. The summed E-state index contributed by atoms with van der Waals surface area (Å²) in [7, 11) is 2.99. The molecular weight excluding hydrogens is 346 g/mol. The van der Waals surface area contributed by atoms with Crippen molar-refractivity contribution in [3.63, 3.8) is 0 Å². The largest absolute Gasteiger partial charge is 0.497 e. The molecule has 0 radical (unpaired) electrons. The maximum Gasteiger partial charge on any atom is 0.336 e. The van der Waals surface area contributed by atoms with E-state index in [0.29, 0.717) is 5.56 Å². The van der Waals surface area contributed by atoms with Crippen LogP contribution in [0.25, 0.3) is 6.08 Å². The number of carbonyl (C=O) groups is 1. The van der Waals surface area contributed by atoms with Gasteiger partial charge in [0.15, 0.2) is 11.5 Å². The minimum atomic E-state index is -0.611. The molecule has 0 saturated heterocycles. The van der Waals surface area contributed by atoms with Crippen molar-refractivity contribution in [3.8, 4) is 17.2 Å². The van der Waals surface area contributed by atoms with Gasteiger partial charge in [0, 0.05) is 11.6 Å². The lowest BCUT2D eigenvalue weighted by Gasteiger charge is -2.10. The smallest absolute Gasteiger partial charge is 0.336 e. The van der Waals surface area contributed by atoms with Crippen LogP contribution in [0.15, 0.2) is 47.6 Å². The standard InChI is InChI=1S/C18H16ClNO5/c1-23-14-6-3-12(4-7-14)5-8-17(21)25-18-15(19)9-13(11-20-22)10-16(18)24-2/h3-11,22H,1-2H3/b8-5+,20-11+. The molecule has 0 atom stereocenters. The number of benzene rings is 2. The van der Waals surface area contributed by atoms with Gasteiger partial charge >= 0.3 is 5.97 Å². The van der Waals surface area contributed by atoms with Crippen LogP contribution in [0.2, 0.25) is 5.02 Å². The summed E-state index contributed by atoms with van der Waals surface area (Å²) in [6.07, 6.45) is 4.07. The molecule has 1 N–H and O–H groups in total. The molecular formula is C18H16ClNO5. The van der Waals surface area contributed by atoms with Gasteiger partial charge in [-0.05, 0) is 35.9 Å². The number of hydrogen-bond donors (Lipinski definition) is 1. The van der Waals surface area contributed by atoms with E-state index in [1.807, 2.05) is 0 Å². The zero-order chi connectivity index (χ0) is 18.2. The summed E-state index contributed by atoms with van der Waals surface area (Å²) >= 11 is 6.11. The van der Waals surface area contributed by atoms with E-state index in [4.69, 9.17) is 31.0 Å². The van der Waals surface area contributed by atoms with Gasteiger partial charge < -0.3 is 19.4 Å². The first-order valence-electron chi connectivity index (χ1n) is 7.16. The maximum absolute atomic E-state index is 12.0. The zero-order valence-electron chi connectivity index (χ0n) is 13.6. The van der Waals surface area contributed by atoms with E-state index in [2.05, 4.69) is 5.16 Å². The Morgan fingerprint density at radius 1 is 1.12 bits per heavy atom. The second-order valence-corrected chi connectivity index (χ2v) is 5.21. The average Bonchev–Trinajstić information content (AvgIpc) is 2.62. The van der Waals surface area contributed by atoms with Crippen LogP contribution >= 0.6 is 11.6 Å². The van der Waals surface area contributed by atoms with E-state index >= 15 is 0 Å². The Morgan fingerprint density at radius 3 is 2.44 bits per heavy atom. The van der Waals surface area contributed by atoms with Crippen LogP contribution in [0.4, 0.5) is 0 Å². The van der Waals surface area contributed by atoms with Crippen LogP contribution in [0.5, 0.6) is 17.2 Å². The lowest BCUT2D eigenvalue weighted by atomic mass is 10.2. The summed E-state index contributed by atoms with van der Waals surface area (Å²) in [4.78, 5) is 12.0. The molecule has 0 spiro atoms. The van der Waals surface area contributed by atoms with Crippen LogP contribution in [0.3, 0.4) is 0 Å². The number of esters is 1. The molecule has 2 rings (SSSR count). The minimum absolute atomic E-state index is 0.0867. The highest BCUT2D eigenvalue weighted by atomic mass is 35.5. The first kappa shape index (κ1) is 18.4. The van der Waals surface area contributed by atoms with Gasteiger partial charge in [-0.15, -0.1) is 0 Å². The average molecular weight is 362 g/mol. The molecule has 0 unspecified atom stereocenters. The van der Waals surface area contributed by atoms with Gasteiger partial charge in [-0.2, -0.15) is 0 Å². The second-order valence-electron chi connectivity index (χ2n) is 4.81. The van der Waals surface area contributed by atoms with Gasteiger partial charge in [0.2, 0.25) is 0 Å². The predicted molar refractivity (Wildman–Crippen MR) is 95.0 cm³/mol. The van der Waals surface area contributed by atoms with Crippen LogP contribution in [0, 0.1) is 0 Å². The number of halogens is 1. The van der Waals surface area contributed by atoms with E-state index < -0.39 is 5.97 Å². The third kappa shape index (κ3) is 4.99. The normalized spacial score (nSPS) is 11.0. The quantitative estimate of drug-likeness (QED) is 0.211. The summed E-state index contributed by atoms with van der Waals surface area (Å²) in [6.45, 7) is 0. The molecule has 0 saturated carbocycles. The van der Waals surface area contributed by atoms with Crippen molar-refractivity contribution in [2.24, 2.45) is 5.16 Å². The second kappa shape index (κ2) is 8.75. The number of hydrogen-bond acceptors (Lipinski definition) is 6. The summed E-state index contributed by atoms with van der Waals surface area (Å²) in [5.41, 5.74) is 1.31. The van der Waals surface area contributed by atoms with Crippen molar-refractivity contribution in [1.29, 1.82) is 0 Å². The summed E-state index contributed by atoms with van der Waals surface area (Å²) in [5.74, 6) is 0.444. The molecule has 0 aliphatic heterocycles. The zero-order valence-corrected chi connectivity index (χ0v) is 14.4. The molecule has 2 aromatic carbocycles. The van der Waals surface area contributed by atoms with E-state index in [1.165, 1.54) is 31.5 Å². The van der Waals surface area contributed by atoms with Crippen LogP contribution in [0.1, 0.15) is 11.1 Å². The van der Waals surface area contributed by atoms with Gasteiger partial charge in [0.05, 0.1) is 25.5 Å². The molecule has 0 aliphatic rings. The van der Waals surface area contributed by atoms with E-state index in [1.54, 1.807) is 37.5 Å². The highest BCUT2D eigenvalue weighted by molar-refractivity contribution is 6.32. The monoisotopic (exact) mass is 361 g/mol. The minimum Gasteiger partial charge on any atom is -0.497 e. The molecule has 0 heterocycles. The molecule has 0 amide bonds. The van der Waals surface area contributed by atoms with E-state index in [0.717, 1.165) is 11.3 Å². The maximum atomic E-state index is 12.0. The Kier molecular flexibility index (Phi) is 6.42. The molecule has 2 aromatic rings. The number of methoxy groups -OCH3 is 2. The van der Waals surface area contributed by atoms with Gasteiger partial charge in [-0.1, -0.05) is 28.9 Å². The van der Waals surface area contributed by atoms with Crippen molar-refractivity contribution < 1.29 is 24.2 Å². The van der Waals surface area contributed by atoms with Gasteiger partial charge in [-0.3, -0.25) is 0 Å². The molecule has 0 aliphatic carbocycles. The Morgan fingerprint density at radius 2 is 1.84 bits per heavy atom. The molecule has 7 heteroatoms. The SMILES string of the molecule is COc1ccc(/C=C/C(=O)Oc2c(Cl)cc(/C=N/O)cc2OC)cc1. The number of ether oxygens (including phenoxy) is 3.